The molecule has 0 saturated carbocycles. The van der Waals surface area contributed by atoms with Crippen LogP contribution in [0.1, 0.15) is 31.0 Å². The molecular formula is C20H19ClFN3O3. The maximum Gasteiger partial charge on any atom is 0.325 e. The summed E-state index contributed by atoms with van der Waals surface area (Å²) in [6.07, 6.45) is 0. The van der Waals surface area contributed by atoms with Gasteiger partial charge in [0.25, 0.3) is 5.91 Å². The van der Waals surface area contributed by atoms with Crippen LogP contribution in [0.2, 0.25) is 5.02 Å². The third-order valence-corrected chi connectivity index (χ3v) is 5.09. The van der Waals surface area contributed by atoms with Crippen molar-refractivity contribution in [2.45, 2.75) is 25.4 Å². The third-order valence-electron chi connectivity index (χ3n) is 4.75. The molecule has 6 nitrogen and oxygen atoms in total. The van der Waals surface area contributed by atoms with Gasteiger partial charge in [0.05, 0.1) is 6.04 Å². The summed E-state index contributed by atoms with van der Waals surface area (Å²) in [5.74, 6) is -1.53. The zero-order valence-corrected chi connectivity index (χ0v) is 16.1. The minimum absolute atomic E-state index is 0.398. The number of rotatable bonds is 5. The largest absolute Gasteiger partial charge is 0.348 e. The van der Waals surface area contributed by atoms with Crippen LogP contribution in [0.25, 0.3) is 0 Å². The van der Waals surface area contributed by atoms with E-state index in [1.165, 1.54) is 31.2 Å². The van der Waals surface area contributed by atoms with Crippen LogP contribution in [-0.2, 0) is 15.1 Å². The lowest BCUT2D eigenvalue weighted by atomic mass is 9.92. The molecule has 146 valence electrons. The van der Waals surface area contributed by atoms with Gasteiger partial charge in [-0.05, 0) is 43.2 Å². The van der Waals surface area contributed by atoms with Crippen LogP contribution < -0.4 is 10.6 Å². The van der Waals surface area contributed by atoms with E-state index in [4.69, 9.17) is 11.6 Å². The highest BCUT2D eigenvalue weighted by molar-refractivity contribution is 6.31. The van der Waals surface area contributed by atoms with E-state index in [1.807, 2.05) is 0 Å². The summed E-state index contributed by atoms with van der Waals surface area (Å²) >= 11 is 6.13. The lowest BCUT2D eigenvalue weighted by molar-refractivity contribution is -0.135. The Hall–Kier alpha value is -2.93. The number of urea groups is 1. The van der Waals surface area contributed by atoms with Gasteiger partial charge in [0, 0.05) is 5.02 Å². The number of benzene rings is 2. The van der Waals surface area contributed by atoms with Gasteiger partial charge in [-0.2, -0.15) is 0 Å². The molecule has 0 bridgehead atoms. The van der Waals surface area contributed by atoms with E-state index in [9.17, 15) is 18.8 Å². The fraction of sp³-hybridized carbons (Fsp3) is 0.250. The van der Waals surface area contributed by atoms with E-state index in [0.29, 0.717) is 10.6 Å². The topological polar surface area (TPSA) is 78.5 Å². The molecule has 4 amide bonds. The summed E-state index contributed by atoms with van der Waals surface area (Å²) in [7, 11) is 0. The minimum Gasteiger partial charge on any atom is -0.348 e. The Bertz CT molecular complexity index is 935. The van der Waals surface area contributed by atoms with Gasteiger partial charge in [-0.3, -0.25) is 14.5 Å². The number of carbonyl (C=O) groups excluding carboxylic acids is 3. The first-order valence-electron chi connectivity index (χ1n) is 8.66. The first-order valence-corrected chi connectivity index (χ1v) is 9.04. The molecule has 3 rings (SSSR count). The second-order valence-electron chi connectivity index (χ2n) is 6.76. The minimum atomic E-state index is -1.36. The van der Waals surface area contributed by atoms with E-state index in [-0.39, 0.29) is 0 Å². The lowest BCUT2D eigenvalue weighted by Gasteiger charge is -2.22. The van der Waals surface area contributed by atoms with Gasteiger partial charge >= 0.3 is 6.03 Å². The van der Waals surface area contributed by atoms with E-state index in [2.05, 4.69) is 10.6 Å². The van der Waals surface area contributed by atoms with Crippen molar-refractivity contribution in [3.05, 3.63) is 70.5 Å². The third kappa shape index (κ3) is 3.71. The average molecular weight is 404 g/mol. The molecule has 0 aromatic heterocycles. The number of hydrogen-bond acceptors (Lipinski definition) is 3. The molecule has 1 saturated heterocycles. The first kappa shape index (κ1) is 19.8. The van der Waals surface area contributed by atoms with Crippen molar-refractivity contribution >= 4 is 29.4 Å². The van der Waals surface area contributed by atoms with Gasteiger partial charge in [0.15, 0.2) is 0 Å². The first-order chi connectivity index (χ1) is 13.2. The van der Waals surface area contributed by atoms with Gasteiger partial charge < -0.3 is 10.6 Å². The normalized spacial score (nSPS) is 20.1. The second-order valence-corrected chi connectivity index (χ2v) is 7.17. The average Bonchev–Trinajstić information content (AvgIpc) is 2.86. The van der Waals surface area contributed by atoms with Gasteiger partial charge in [0.2, 0.25) is 5.91 Å². The Morgan fingerprint density at radius 1 is 1.21 bits per heavy atom. The second kappa shape index (κ2) is 7.59. The van der Waals surface area contributed by atoms with Crippen molar-refractivity contribution in [3.8, 4) is 0 Å². The van der Waals surface area contributed by atoms with Gasteiger partial charge in [-0.25, -0.2) is 9.18 Å². The molecule has 1 heterocycles. The smallest absolute Gasteiger partial charge is 0.325 e. The quantitative estimate of drug-likeness (QED) is 0.753. The summed E-state index contributed by atoms with van der Waals surface area (Å²) in [6.45, 7) is 2.84. The number of nitrogens with one attached hydrogen (secondary N) is 2. The summed E-state index contributed by atoms with van der Waals surface area (Å²) in [5.41, 5.74) is -0.204. The number of halogens is 2. The Morgan fingerprint density at radius 3 is 2.50 bits per heavy atom. The SMILES string of the molecule is CC(NC(=O)CN1C(=O)NC(C)(c2ccc(F)cc2)C1=O)c1ccccc1Cl. The number of carbonyl (C=O) groups is 3. The zero-order chi connectivity index (χ0) is 20.5. The highest BCUT2D eigenvalue weighted by atomic mass is 35.5. The van der Waals surface area contributed by atoms with E-state index in [0.717, 1.165) is 10.5 Å². The molecule has 0 spiro atoms. The van der Waals surface area contributed by atoms with Gasteiger partial charge in [-0.15, -0.1) is 0 Å². The van der Waals surface area contributed by atoms with E-state index < -0.39 is 41.8 Å². The lowest BCUT2D eigenvalue weighted by Crippen LogP contribution is -2.43. The number of imide groups is 1. The molecule has 0 radical (unpaired) electrons. The van der Waals surface area contributed by atoms with Crippen molar-refractivity contribution in [3.63, 3.8) is 0 Å². The van der Waals surface area contributed by atoms with Crippen LogP contribution in [0.4, 0.5) is 9.18 Å². The molecule has 0 aliphatic carbocycles. The van der Waals surface area contributed by atoms with Crippen LogP contribution >= 0.6 is 11.6 Å². The summed E-state index contributed by atoms with van der Waals surface area (Å²) in [6, 6.07) is 11.3. The summed E-state index contributed by atoms with van der Waals surface area (Å²) in [4.78, 5) is 38.4. The molecule has 2 unspecified atom stereocenters. The molecule has 28 heavy (non-hydrogen) atoms. The van der Waals surface area contributed by atoms with Crippen molar-refractivity contribution in [1.82, 2.24) is 15.5 Å². The van der Waals surface area contributed by atoms with Crippen molar-refractivity contribution in [2.24, 2.45) is 0 Å². The maximum atomic E-state index is 13.2. The fourth-order valence-corrected chi connectivity index (χ4v) is 3.45. The highest BCUT2D eigenvalue weighted by Gasteiger charge is 2.49. The van der Waals surface area contributed by atoms with Crippen LogP contribution in [-0.4, -0.2) is 29.3 Å². The molecule has 2 aromatic carbocycles. The van der Waals surface area contributed by atoms with Crippen molar-refractivity contribution in [1.29, 1.82) is 0 Å². The number of hydrogen-bond donors (Lipinski definition) is 2. The Labute approximate surface area is 166 Å². The number of nitrogens with zero attached hydrogens (tertiary/aromatic N) is 1. The van der Waals surface area contributed by atoms with E-state index >= 15 is 0 Å². The van der Waals surface area contributed by atoms with Crippen LogP contribution in [0, 0.1) is 5.82 Å². The molecule has 8 heteroatoms. The predicted octanol–water partition coefficient (Wildman–Crippen LogP) is 3.12. The molecule has 2 atom stereocenters. The van der Waals surface area contributed by atoms with Crippen LogP contribution in [0.3, 0.4) is 0 Å². The molecular weight excluding hydrogens is 385 g/mol. The van der Waals surface area contributed by atoms with Crippen LogP contribution in [0.5, 0.6) is 0 Å². The molecule has 2 aromatic rings. The van der Waals surface area contributed by atoms with Crippen molar-refractivity contribution in [2.75, 3.05) is 6.54 Å². The Morgan fingerprint density at radius 2 is 1.86 bits per heavy atom. The van der Waals surface area contributed by atoms with Crippen LogP contribution in [0.15, 0.2) is 48.5 Å². The fourth-order valence-electron chi connectivity index (χ4n) is 3.15. The highest BCUT2D eigenvalue weighted by Crippen LogP contribution is 2.29. The molecule has 1 aliphatic heterocycles. The monoisotopic (exact) mass is 403 g/mol. The van der Waals surface area contributed by atoms with Crippen molar-refractivity contribution < 1.29 is 18.8 Å². The van der Waals surface area contributed by atoms with Gasteiger partial charge in [0.1, 0.15) is 17.9 Å². The zero-order valence-electron chi connectivity index (χ0n) is 15.3. The summed E-state index contributed by atoms with van der Waals surface area (Å²) < 4.78 is 13.2. The Kier molecular flexibility index (Phi) is 5.38. The molecule has 1 aliphatic rings. The molecule has 2 N–H and O–H groups in total. The Balaban J connectivity index is 1.71. The maximum absolute atomic E-state index is 13.2. The summed E-state index contributed by atoms with van der Waals surface area (Å²) in [5, 5.41) is 5.82. The van der Waals surface area contributed by atoms with E-state index in [1.54, 1.807) is 31.2 Å². The number of amides is 4. The molecule has 1 fully saturated rings. The standard InChI is InChI=1S/C20H19ClFN3O3/c1-12(15-5-3-4-6-16(15)21)23-17(26)11-25-18(27)20(2,24-19(25)28)13-7-9-14(22)10-8-13/h3-10,12H,11H2,1-2H3,(H,23,26)(H,24,28). The van der Waals surface area contributed by atoms with Gasteiger partial charge in [-0.1, -0.05) is 41.9 Å². The predicted molar refractivity (Wildman–Crippen MR) is 102 cm³/mol.